The molecule has 2 N–H and O–H groups in total. The van der Waals surface area contributed by atoms with Gasteiger partial charge in [0.15, 0.2) is 5.72 Å². The Morgan fingerprint density at radius 1 is 1.56 bits per heavy atom. The summed E-state index contributed by atoms with van der Waals surface area (Å²) in [5.74, 6) is 0.828. The molecule has 5 heteroatoms. The zero-order valence-electron chi connectivity index (χ0n) is 8.71. The summed E-state index contributed by atoms with van der Waals surface area (Å²) in [6.45, 7) is 1.89. The van der Waals surface area contributed by atoms with Gasteiger partial charge >= 0.3 is 6.03 Å². The summed E-state index contributed by atoms with van der Waals surface area (Å²) in [4.78, 5) is 11.5. The predicted molar refractivity (Wildman–Crippen MR) is 62.2 cm³/mol. The van der Waals surface area contributed by atoms with Crippen LogP contribution in [0.25, 0.3) is 0 Å². The summed E-state index contributed by atoms with van der Waals surface area (Å²) < 4.78 is 6.81. The Balaban J connectivity index is 2.10. The highest BCUT2D eigenvalue weighted by atomic mass is 79.9. The molecule has 0 saturated carbocycles. The van der Waals surface area contributed by atoms with Gasteiger partial charge in [0, 0.05) is 16.5 Å². The molecule has 1 saturated heterocycles. The second kappa shape index (κ2) is 3.13. The highest BCUT2D eigenvalue weighted by Crippen LogP contribution is 2.41. The summed E-state index contributed by atoms with van der Waals surface area (Å²) in [5, 5.41) is 5.70. The summed E-state index contributed by atoms with van der Waals surface area (Å²) in [6, 6.07) is 5.70. The lowest BCUT2D eigenvalue weighted by molar-refractivity contribution is 0.0119. The Kier molecular flexibility index (Phi) is 1.95. The maximum absolute atomic E-state index is 11.5. The smallest absolute Gasteiger partial charge is 0.318 e. The maximum atomic E-state index is 11.5. The predicted octanol–water partition coefficient (Wildman–Crippen LogP) is 2.30. The van der Waals surface area contributed by atoms with Crippen molar-refractivity contribution in [3.8, 4) is 5.75 Å². The molecule has 2 bridgehead atoms. The second-order valence-corrected chi connectivity index (χ2v) is 5.29. The van der Waals surface area contributed by atoms with Crippen LogP contribution in [0.2, 0.25) is 0 Å². The fraction of sp³-hybridized carbons (Fsp3) is 0.364. The van der Waals surface area contributed by atoms with E-state index >= 15 is 0 Å². The van der Waals surface area contributed by atoms with Crippen molar-refractivity contribution in [2.75, 3.05) is 0 Å². The normalized spacial score (nSPS) is 30.9. The van der Waals surface area contributed by atoms with Gasteiger partial charge in [0.25, 0.3) is 0 Å². The average Bonchev–Trinajstić information content (AvgIpc) is 2.17. The van der Waals surface area contributed by atoms with Crippen LogP contribution >= 0.6 is 15.9 Å². The summed E-state index contributed by atoms with van der Waals surface area (Å²) in [5.41, 5.74) is 0.440. The van der Waals surface area contributed by atoms with Gasteiger partial charge in [-0.05, 0) is 25.1 Å². The van der Waals surface area contributed by atoms with Crippen LogP contribution in [0.3, 0.4) is 0 Å². The van der Waals surface area contributed by atoms with E-state index in [1.807, 2.05) is 25.1 Å². The van der Waals surface area contributed by atoms with Crippen molar-refractivity contribution < 1.29 is 9.53 Å². The molecule has 1 aromatic carbocycles. The van der Waals surface area contributed by atoms with Crippen molar-refractivity contribution in [2.24, 2.45) is 0 Å². The van der Waals surface area contributed by atoms with Gasteiger partial charge in [-0.3, -0.25) is 0 Å². The monoisotopic (exact) mass is 282 g/mol. The minimum absolute atomic E-state index is 0.0278. The minimum atomic E-state index is -0.589. The molecule has 4 nitrogen and oxygen atoms in total. The molecule has 2 amide bonds. The van der Waals surface area contributed by atoms with Crippen LogP contribution in [0, 0.1) is 0 Å². The number of carbonyl (C=O) groups excluding carboxylic acids is 1. The first-order valence-electron chi connectivity index (χ1n) is 5.13. The van der Waals surface area contributed by atoms with E-state index in [2.05, 4.69) is 26.6 Å². The van der Waals surface area contributed by atoms with Crippen molar-refractivity contribution >= 4 is 22.0 Å². The molecule has 0 radical (unpaired) electrons. The first-order chi connectivity index (χ1) is 7.56. The zero-order valence-corrected chi connectivity index (χ0v) is 10.3. The van der Waals surface area contributed by atoms with Crippen molar-refractivity contribution in [3.63, 3.8) is 0 Å². The van der Waals surface area contributed by atoms with Gasteiger partial charge in [-0.2, -0.15) is 0 Å². The van der Waals surface area contributed by atoms with E-state index in [1.54, 1.807) is 0 Å². The molecule has 2 atom stereocenters. The van der Waals surface area contributed by atoms with Crippen LogP contribution in [-0.2, 0) is 0 Å². The Morgan fingerprint density at radius 2 is 2.38 bits per heavy atom. The fourth-order valence-corrected chi connectivity index (χ4v) is 2.69. The van der Waals surface area contributed by atoms with E-state index < -0.39 is 5.72 Å². The number of ether oxygens (including phenoxy) is 1. The summed E-state index contributed by atoms with van der Waals surface area (Å²) in [7, 11) is 0. The van der Waals surface area contributed by atoms with Crippen molar-refractivity contribution in [2.45, 2.75) is 25.1 Å². The van der Waals surface area contributed by atoms with Crippen LogP contribution in [0.1, 0.15) is 24.9 Å². The van der Waals surface area contributed by atoms with Gasteiger partial charge in [0.05, 0.1) is 6.04 Å². The van der Waals surface area contributed by atoms with Crippen LogP contribution < -0.4 is 15.4 Å². The van der Waals surface area contributed by atoms with Crippen molar-refractivity contribution in [3.05, 3.63) is 28.2 Å². The van der Waals surface area contributed by atoms with Gasteiger partial charge in [0.1, 0.15) is 5.75 Å². The number of nitrogens with one attached hydrogen (secondary N) is 2. The molecule has 2 aliphatic heterocycles. The number of carbonyl (C=O) groups is 1. The fourth-order valence-electron chi connectivity index (χ4n) is 2.31. The van der Waals surface area contributed by atoms with E-state index in [0.717, 1.165) is 22.2 Å². The molecule has 2 aliphatic rings. The second-order valence-electron chi connectivity index (χ2n) is 4.37. The molecule has 16 heavy (non-hydrogen) atoms. The first kappa shape index (κ1) is 9.96. The lowest BCUT2D eigenvalue weighted by Crippen LogP contribution is -2.62. The Bertz CT molecular complexity index is 477. The van der Waals surface area contributed by atoms with E-state index in [9.17, 15) is 4.79 Å². The molecule has 0 unspecified atom stereocenters. The average molecular weight is 283 g/mol. The number of hydrogen-bond acceptors (Lipinski definition) is 2. The number of rotatable bonds is 0. The molecular formula is C11H11BrN2O2. The van der Waals surface area contributed by atoms with Gasteiger partial charge < -0.3 is 15.4 Å². The molecule has 1 aromatic rings. The first-order valence-corrected chi connectivity index (χ1v) is 5.92. The SMILES string of the molecule is C[C@@]12C[C@H](NC(=O)N1)c1cc(Br)ccc1O2. The third-order valence-corrected chi connectivity index (χ3v) is 3.45. The van der Waals surface area contributed by atoms with E-state index in [0.29, 0.717) is 0 Å². The minimum Gasteiger partial charge on any atom is -0.468 e. The van der Waals surface area contributed by atoms with Crippen molar-refractivity contribution in [1.82, 2.24) is 10.6 Å². The highest BCUT2D eigenvalue weighted by molar-refractivity contribution is 9.10. The maximum Gasteiger partial charge on any atom is 0.318 e. The molecule has 2 heterocycles. The number of urea groups is 1. The molecule has 3 rings (SSSR count). The number of halogens is 1. The number of fused-ring (bicyclic) bond motifs is 4. The van der Waals surface area contributed by atoms with Crippen LogP contribution in [-0.4, -0.2) is 11.8 Å². The quantitative estimate of drug-likeness (QED) is 0.767. The Hall–Kier alpha value is -1.23. The number of amides is 2. The standard InChI is InChI=1S/C11H11BrN2O2/c1-11-5-8(13-10(15)14-11)7-4-6(12)2-3-9(7)16-11/h2-4,8H,5H2,1H3,(H2,13,14,15)/t8-,11+/m0/s1. The van der Waals surface area contributed by atoms with Crippen molar-refractivity contribution in [1.29, 1.82) is 0 Å². The van der Waals surface area contributed by atoms with Gasteiger partial charge in [-0.25, -0.2) is 4.79 Å². The Morgan fingerprint density at radius 3 is 3.19 bits per heavy atom. The van der Waals surface area contributed by atoms with E-state index in [-0.39, 0.29) is 12.1 Å². The molecule has 0 aliphatic carbocycles. The van der Waals surface area contributed by atoms with Crippen LogP contribution in [0.15, 0.2) is 22.7 Å². The van der Waals surface area contributed by atoms with Crippen LogP contribution in [0.4, 0.5) is 4.79 Å². The summed E-state index contributed by atoms with van der Waals surface area (Å²) >= 11 is 3.42. The third-order valence-electron chi connectivity index (χ3n) is 2.96. The lowest BCUT2D eigenvalue weighted by atomic mass is 9.92. The zero-order chi connectivity index (χ0) is 11.3. The highest BCUT2D eigenvalue weighted by Gasteiger charge is 2.43. The molecule has 0 spiro atoms. The molecule has 1 fully saturated rings. The van der Waals surface area contributed by atoms with Crippen LogP contribution in [0.5, 0.6) is 5.75 Å². The molecule has 84 valence electrons. The third kappa shape index (κ3) is 1.46. The molecule has 0 aromatic heterocycles. The van der Waals surface area contributed by atoms with E-state index in [1.165, 1.54) is 0 Å². The lowest BCUT2D eigenvalue weighted by Gasteiger charge is -2.44. The van der Waals surface area contributed by atoms with Gasteiger partial charge in [-0.15, -0.1) is 0 Å². The largest absolute Gasteiger partial charge is 0.468 e. The molecular weight excluding hydrogens is 272 g/mol. The van der Waals surface area contributed by atoms with Gasteiger partial charge in [0.2, 0.25) is 0 Å². The number of benzene rings is 1. The Labute approximate surface area is 101 Å². The number of hydrogen-bond donors (Lipinski definition) is 2. The summed E-state index contributed by atoms with van der Waals surface area (Å²) in [6.07, 6.45) is 0.738. The van der Waals surface area contributed by atoms with E-state index in [4.69, 9.17) is 4.74 Å². The van der Waals surface area contributed by atoms with Gasteiger partial charge in [-0.1, -0.05) is 15.9 Å². The topological polar surface area (TPSA) is 50.4 Å².